The standard InChI is InChI=1S/C12H18ClNS2/c1-2-14-11(9-5-6-15-8-9)7-10-3-4-12(13)16-10/h3-4,9,11,14H,2,5-8H2,1H3. The zero-order valence-corrected chi connectivity index (χ0v) is 11.9. The fraction of sp³-hybridized carbons (Fsp3) is 0.667. The van der Waals surface area contributed by atoms with Gasteiger partial charge in [-0.15, -0.1) is 11.3 Å². The molecule has 0 spiro atoms. The van der Waals surface area contributed by atoms with E-state index in [0.29, 0.717) is 6.04 Å². The first-order chi connectivity index (χ1) is 7.79. The molecule has 1 nitrogen and oxygen atoms in total. The Kier molecular flexibility index (Phi) is 5.01. The molecule has 2 heterocycles. The summed E-state index contributed by atoms with van der Waals surface area (Å²) in [5.41, 5.74) is 0. The second kappa shape index (κ2) is 6.29. The van der Waals surface area contributed by atoms with Crippen molar-refractivity contribution in [1.82, 2.24) is 5.32 Å². The summed E-state index contributed by atoms with van der Waals surface area (Å²) in [6, 6.07) is 4.81. The number of rotatable bonds is 5. The van der Waals surface area contributed by atoms with Gasteiger partial charge in [0.2, 0.25) is 0 Å². The lowest BCUT2D eigenvalue weighted by molar-refractivity contribution is 0.389. The number of halogens is 1. The minimum Gasteiger partial charge on any atom is -0.314 e. The van der Waals surface area contributed by atoms with Crippen molar-refractivity contribution in [2.24, 2.45) is 5.92 Å². The van der Waals surface area contributed by atoms with Crippen molar-refractivity contribution in [3.63, 3.8) is 0 Å². The van der Waals surface area contributed by atoms with Crippen LogP contribution in [0, 0.1) is 5.92 Å². The second-order valence-electron chi connectivity index (χ2n) is 4.20. The van der Waals surface area contributed by atoms with E-state index in [4.69, 9.17) is 11.6 Å². The number of thiophene rings is 1. The van der Waals surface area contributed by atoms with E-state index in [0.717, 1.165) is 23.2 Å². The van der Waals surface area contributed by atoms with E-state index in [-0.39, 0.29) is 0 Å². The number of nitrogens with one attached hydrogen (secondary N) is 1. The molecule has 2 unspecified atom stereocenters. The van der Waals surface area contributed by atoms with Crippen LogP contribution in [0.2, 0.25) is 4.34 Å². The van der Waals surface area contributed by atoms with Crippen LogP contribution in [-0.4, -0.2) is 24.1 Å². The summed E-state index contributed by atoms with van der Waals surface area (Å²) in [6.45, 7) is 3.25. The molecular weight excluding hydrogens is 258 g/mol. The van der Waals surface area contributed by atoms with Gasteiger partial charge in [-0.3, -0.25) is 0 Å². The summed E-state index contributed by atoms with van der Waals surface area (Å²) in [4.78, 5) is 1.41. The van der Waals surface area contributed by atoms with Crippen molar-refractivity contribution in [2.75, 3.05) is 18.1 Å². The molecule has 1 saturated heterocycles. The van der Waals surface area contributed by atoms with Gasteiger partial charge in [-0.05, 0) is 48.9 Å². The molecule has 1 aromatic rings. The molecule has 4 heteroatoms. The fourth-order valence-corrected chi connectivity index (χ4v) is 4.70. The molecule has 1 aliphatic heterocycles. The van der Waals surface area contributed by atoms with Gasteiger partial charge in [-0.1, -0.05) is 18.5 Å². The van der Waals surface area contributed by atoms with Crippen LogP contribution < -0.4 is 5.32 Å². The summed E-state index contributed by atoms with van der Waals surface area (Å²) in [6.07, 6.45) is 2.50. The van der Waals surface area contributed by atoms with Gasteiger partial charge in [0.05, 0.1) is 4.34 Å². The lowest BCUT2D eigenvalue weighted by Gasteiger charge is -2.23. The Morgan fingerprint density at radius 2 is 2.44 bits per heavy atom. The van der Waals surface area contributed by atoms with E-state index in [1.165, 1.54) is 22.8 Å². The van der Waals surface area contributed by atoms with E-state index in [2.05, 4.69) is 30.1 Å². The highest BCUT2D eigenvalue weighted by Gasteiger charge is 2.25. The molecule has 90 valence electrons. The molecule has 16 heavy (non-hydrogen) atoms. The first kappa shape index (κ1) is 12.7. The molecule has 1 aromatic heterocycles. The van der Waals surface area contributed by atoms with E-state index < -0.39 is 0 Å². The van der Waals surface area contributed by atoms with Crippen molar-refractivity contribution in [3.05, 3.63) is 21.3 Å². The third-order valence-electron chi connectivity index (χ3n) is 3.05. The predicted molar refractivity (Wildman–Crippen MR) is 75.9 cm³/mol. The Morgan fingerprint density at radius 1 is 1.56 bits per heavy atom. The zero-order chi connectivity index (χ0) is 11.4. The topological polar surface area (TPSA) is 12.0 Å². The first-order valence-electron chi connectivity index (χ1n) is 5.85. The number of thioether (sulfide) groups is 1. The Balaban J connectivity index is 1.96. The van der Waals surface area contributed by atoms with E-state index in [1.54, 1.807) is 11.3 Å². The van der Waals surface area contributed by atoms with Crippen LogP contribution in [0.5, 0.6) is 0 Å². The lowest BCUT2D eigenvalue weighted by atomic mass is 9.96. The summed E-state index contributed by atoms with van der Waals surface area (Å²) >= 11 is 9.78. The maximum absolute atomic E-state index is 5.97. The number of likely N-dealkylation sites (N-methyl/N-ethyl adjacent to an activating group) is 1. The average Bonchev–Trinajstić information content (AvgIpc) is 2.88. The molecule has 1 fully saturated rings. The van der Waals surface area contributed by atoms with Crippen LogP contribution >= 0.6 is 34.7 Å². The van der Waals surface area contributed by atoms with Crippen molar-refractivity contribution in [2.45, 2.75) is 25.8 Å². The average molecular weight is 276 g/mol. The Hall–Kier alpha value is 0.300. The summed E-state index contributed by atoms with van der Waals surface area (Å²) < 4.78 is 0.908. The Morgan fingerprint density at radius 3 is 3.00 bits per heavy atom. The molecule has 0 aromatic carbocycles. The van der Waals surface area contributed by atoms with Crippen LogP contribution in [0.4, 0.5) is 0 Å². The SMILES string of the molecule is CCNC(Cc1ccc(Cl)s1)C1CCSC1. The Labute approximate surface area is 111 Å². The normalized spacial score (nSPS) is 22.5. The number of hydrogen-bond acceptors (Lipinski definition) is 3. The molecule has 0 saturated carbocycles. The highest BCUT2D eigenvalue weighted by atomic mass is 35.5. The van der Waals surface area contributed by atoms with E-state index in [9.17, 15) is 0 Å². The summed E-state index contributed by atoms with van der Waals surface area (Å²) in [7, 11) is 0. The number of hydrogen-bond donors (Lipinski definition) is 1. The smallest absolute Gasteiger partial charge is 0.0931 e. The minimum absolute atomic E-state index is 0.634. The molecule has 1 aliphatic rings. The van der Waals surface area contributed by atoms with Gasteiger partial charge in [-0.2, -0.15) is 11.8 Å². The van der Waals surface area contributed by atoms with Crippen LogP contribution in [0.15, 0.2) is 12.1 Å². The van der Waals surface area contributed by atoms with Crippen LogP contribution in [0.25, 0.3) is 0 Å². The van der Waals surface area contributed by atoms with Crippen molar-refractivity contribution >= 4 is 34.7 Å². The van der Waals surface area contributed by atoms with Gasteiger partial charge >= 0.3 is 0 Å². The van der Waals surface area contributed by atoms with E-state index in [1.807, 2.05) is 6.07 Å². The van der Waals surface area contributed by atoms with Gasteiger partial charge in [-0.25, -0.2) is 0 Å². The van der Waals surface area contributed by atoms with Crippen LogP contribution in [0.1, 0.15) is 18.2 Å². The highest BCUT2D eigenvalue weighted by Crippen LogP contribution is 2.30. The summed E-state index contributed by atoms with van der Waals surface area (Å²) in [5, 5.41) is 3.63. The largest absolute Gasteiger partial charge is 0.314 e. The van der Waals surface area contributed by atoms with Gasteiger partial charge in [0.25, 0.3) is 0 Å². The lowest BCUT2D eigenvalue weighted by Crippen LogP contribution is -2.37. The van der Waals surface area contributed by atoms with Crippen LogP contribution in [-0.2, 0) is 6.42 Å². The molecule has 2 atom stereocenters. The molecular formula is C12H18ClNS2. The van der Waals surface area contributed by atoms with Gasteiger partial charge in [0, 0.05) is 10.9 Å². The van der Waals surface area contributed by atoms with Gasteiger partial charge in [0.15, 0.2) is 0 Å². The third-order valence-corrected chi connectivity index (χ3v) is 5.49. The van der Waals surface area contributed by atoms with Gasteiger partial charge in [0.1, 0.15) is 0 Å². The third kappa shape index (κ3) is 3.39. The fourth-order valence-electron chi connectivity index (χ4n) is 2.22. The molecule has 0 aliphatic carbocycles. The highest BCUT2D eigenvalue weighted by molar-refractivity contribution is 7.99. The molecule has 0 amide bonds. The zero-order valence-electron chi connectivity index (χ0n) is 9.54. The maximum atomic E-state index is 5.97. The van der Waals surface area contributed by atoms with Crippen molar-refractivity contribution in [1.29, 1.82) is 0 Å². The molecule has 0 radical (unpaired) electrons. The maximum Gasteiger partial charge on any atom is 0.0931 e. The minimum atomic E-state index is 0.634. The summed E-state index contributed by atoms with van der Waals surface area (Å²) in [5.74, 6) is 3.49. The predicted octanol–water partition coefficient (Wildman–Crippen LogP) is 3.68. The van der Waals surface area contributed by atoms with Crippen molar-refractivity contribution in [3.8, 4) is 0 Å². The molecule has 1 N–H and O–H groups in total. The Bertz CT molecular complexity index is 321. The van der Waals surface area contributed by atoms with Gasteiger partial charge < -0.3 is 5.32 Å². The van der Waals surface area contributed by atoms with E-state index >= 15 is 0 Å². The second-order valence-corrected chi connectivity index (χ2v) is 7.15. The quantitative estimate of drug-likeness (QED) is 0.880. The molecule has 0 bridgehead atoms. The monoisotopic (exact) mass is 275 g/mol. The first-order valence-corrected chi connectivity index (χ1v) is 8.20. The van der Waals surface area contributed by atoms with Crippen molar-refractivity contribution < 1.29 is 0 Å². The molecule has 2 rings (SSSR count). The van der Waals surface area contributed by atoms with Crippen LogP contribution in [0.3, 0.4) is 0 Å².